The first-order valence-electron chi connectivity index (χ1n) is 30.3. The fourth-order valence-electron chi connectivity index (χ4n) is 9.68. The third-order valence-electron chi connectivity index (χ3n) is 13.9. The number of para-hydroxylation sites is 4. The van der Waals surface area contributed by atoms with Crippen molar-refractivity contribution in [3.63, 3.8) is 0 Å². The first-order valence-corrected chi connectivity index (χ1v) is 30.3. The molecule has 0 unspecified atom stereocenters. The zero-order valence-corrected chi connectivity index (χ0v) is 64.9. The van der Waals surface area contributed by atoms with E-state index >= 15 is 0 Å². The molecule has 12 heteroatoms. The molecule has 14 rings (SSSR count). The second-order valence-electron chi connectivity index (χ2n) is 19.4. The van der Waals surface area contributed by atoms with Gasteiger partial charge in [0.15, 0.2) is 0 Å². The molecule has 4 aliphatic rings. The average molecular weight is 1500 g/mol. The second kappa shape index (κ2) is 40.3. The van der Waals surface area contributed by atoms with Crippen molar-refractivity contribution < 1.29 is 131 Å². The molecule has 0 amide bonds. The Kier molecular flexibility index (Phi) is 33.6. The third-order valence-corrected chi connectivity index (χ3v) is 13.9. The molecule has 0 fully saturated rings. The molecule has 448 valence electrons. The standard InChI is InChI=1S/2C36H22N4.4C2H6.4Y/c1-3-10-33-29(6-1)20-35(39-33)27-16-12-25(13-17-27)23-37-31-8-5-9-32(22-31)38-24-26-14-18-28(19-15-26)36-21-30-7-2-4-11-34(30)40-36;1-3-7-33-29(5-1)21-35(39-33)27-13-9-25(10-14-27)23-37-31-17-19-32(20-18-31)38-24-26-11-15-28(16-12-26)36-22-30-6-2-4-8-34(30)40-36;4*1-2;;;;/h1-7,10-19,22H,20-21H2;1-17,20H,21-22H2;4*1-2H3;;;;/q2*-4;;;;;;;;. The second-order valence-corrected chi connectivity index (χ2v) is 19.4. The Morgan fingerprint density at radius 1 is 0.283 bits per heavy atom. The summed E-state index contributed by atoms with van der Waals surface area (Å²) in [5, 5.41) is 0. The third kappa shape index (κ3) is 21.0. The van der Waals surface area contributed by atoms with Gasteiger partial charge in [0, 0.05) is 157 Å². The van der Waals surface area contributed by atoms with Gasteiger partial charge in [0.2, 0.25) is 0 Å². The van der Waals surface area contributed by atoms with E-state index in [2.05, 4.69) is 190 Å². The topological polar surface area (TPSA) is 98.9 Å². The van der Waals surface area contributed by atoms with Crippen LogP contribution in [-0.2, 0) is 157 Å². The smallest absolute Gasteiger partial charge is 0.0669 e. The summed E-state index contributed by atoms with van der Waals surface area (Å²) in [5.41, 5.74) is 24.2. The van der Waals surface area contributed by atoms with Gasteiger partial charge in [-0.15, -0.1) is 70.8 Å². The van der Waals surface area contributed by atoms with E-state index < -0.39 is 0 Å². The summed E-state index contributed by atoms with van der Waals surface area (Å²) in [6.07, 6.45) is 15.8. The van der Waals surface area contributed by atoms with E-state index in [9.17, 15) is 0 Å². The molecular formula is C80H68N8Y4-8. The van der Waals surface area contributed by atoms with Crippen LogP contribution in [0.3, 0.4) is 0 Å². The van der Waals surface area contributed by atoms with Gasteiger partial charge >= 0.3 is 0 Å². The minimum atomic E-state index is 0. The minimum absolute atomic E-state index is 0. The normalized spacial score (nSPS) is 12.3. The molecule has 4 heterocycles. The van der Waals surface area contributed by atoms with Gasteiger partial charge < -0.3 is 44.2 Å². The summed E-state index contributed by atoms with van der Waals surface area (Å²) in [6, 6.07) is 85.1. The number of rotatable bonds is 12. The van der Waals surface area contributed by atoms with Crippen LogP contribution in [0.1, 0.15) is 122 Å². The number of hydrogen-bond donors (Lipinski definition) is 0. The summed E-state index contributed by atoms with van der Waals surface area (Å²) in [4.78, 5) is 36.8. The van der Waals surface area contributed by atoms with Gasteiger partial charge in [0.25, 0.3) is 0 Å². The van der Waals surface area contributed by atoms with Crippen LogP contribution >= 0.6 is 0 Å². The van der Waals surface area contributed by atoms with Crippen LogP contribution in [0.15, 0.2) is 258 Å². The molecule has 0 atom stereocenters. The maximum atomic E-state index is 4.77. The van der Waals surface area contributed by atoms with Gasteiger partial charge in [0.05, 0.1) is 45.6 Å². The Morgan fingerprint density at radius 2 is 0.511 bits per heavy atom. The number of nitrogens with zero attached hydrogens (tertiary/aromatic N) is 8. The molecular weight excluding hydrogens is 1430 g/mol. The monoisotopic (exact) mass is 1500 g/mol. The zero-order chi connectivity index (χ0) is 61.5. The van der Waals surface area contributed by atoms with Crippen molar-refractivity contribution in [2.24, 2.45) is 39.9 Å². The molecule has 4 radical (unpaired) electrons. The van der Waals surface area contributed by atoms with Crippen LogP contribution in [0, 0.1) is 24.3 Å². The summed E-state index contributed by atoms with van der Waals surface area (Å²) in [6.45, 7) is 16.0. The molecule has 0 aliphatic carbocycles. The van der Waals surface area contributed by atoms with Gasteiger partial charge in [-0.25, -0.2) is 6.07 Å². The molecule has 0 saturated heterocycles. The van der Waals surface area contributed by atoms with Crippen LogP contribution in [0.2, 0.25) is 0 Å². The molecule has 10 aromatic carbocycles. The Labute approximate surface area is 646 Å². The fraction of sp³-hybridized carbons (Fsp3) is 0.150. The van der Waals surface area contributed by atoms with Crippen molar-refractivity contribution in [1.29, 1.82) is 0 Å². The fourth-order valence-corrected chi connectivity index (χ4v) is 9.68. The van der Waals surface area contributed by atoms with Gasteiger partial charge in [0.1, 0.15) is 0 Å². The predicted octanol–water partition coefficient (Wildman–Crippen LogP) is 19.9. The van der Waals surface area contributed by atoms with E-state index in [0.29, 0.717) is 22.7 Å². The molecule has 0 saturated carbocycles. The van der Waals surface area contributed by atoms with E-state index in [1.807, 2.05) is 134 Å². The van der Waals surface area contributed by atoms with Crippen molar-refractivity contribution in [3.05, 3.63) is 309 Å². The number of benzene rings is 10. The van der Waals surface area contributed by atoms with Gasteiger partial charge in [-0.1, -0.05) is 177 Å². The molecule has 0 N–H and O–H groups in total. The van der Waals surface area contributed by atoms with Crippen LogP contribution in [0.25, 0.3) is 0 Å². The van der Waals surface area contributed by atoms with Gasteiger partial charge in [-0.05, 0) is 93.6 Å². The largest absolute Gasteiger partial charge is 0.402 e. The van der Waals surface area contributed by atoms with E-state index in [1.54, 1.807) is 18.2 Å². The van der Waals surface area contributed by atoms with E-state index in [4.69, 9.17) is 20.0 Å². The molecule has 4 aliphatic heterocycles. The number of aliphatic imine (C=N–C) groups is 8. The Bertz CT molecular complexity index is 3930. The summed E-state index contributed by atoms with van der Waals surface area (Å²) in [5.74, 6) is 0. The van der Waals surface area contributed by atoms with Crippen molar-refractivity contribution in [2.45, 2.75) is 81.1 Å². The Morgan fingerprint density at radius 3 is 0.739 bits per heavy atom. The van der Waals surface area contributed by atoms with Crippen LogP contribution in [-0.4, -0.2) is 47.7 Å². The van der Waals surface area contributed by atoms with E-state index in [-0.39, 0.29) is 131 Å². The van der Waals surface area contributed by atoms with E-state index in [1.165, 1.54) is 22.3 Å². The quantitative estimate of drug-likeness (QED) is 0.0860. The first kappa shape index (κ1) is 76.7. The first-order chi connectivity index (χ1) is 43.5. The zero-order valence-electron chi connectivity index (χ0n) is 53.5. The Balaban J connectivity index is 0.000000290. The molecule has 0 aromatic heterocycles. The summed E-state index contributed by atoms with van der Waals surface area (Å²) in [7, 11) is 0. The van der Waals surface area contributed by atoms with Gasteiger partial charge in [-0.3, -0.25) is 49.5 Å². The van der Waals surface area contributed by atoms with Gasteiger partial charge in [-0.2, -0.15) is 11.4 Å². The SMILES string of the molecule is CC.CC.CC.CC.[C-](=Nc1[c-]c[c-]c(N=[C-]c2ccc(C3=Nc4ccccc4C3)cc2)c1)c1ccc(C2=Nc3ccccc3C2)cc1.[C-](=Nc1[c-]cc(N=[C-]c2ccc(C3=Nc4ccccc4C3)cc2)[c-]c1)c1ccc(C2=Nc3ccccc3C2)cc1.[Y].[Y].[Y].[Y]. The van der Waals surface area contributed by atoms with Crippen LogP contribution < -0.4 is 0 Å². The van der Waals surface area contributed by atoms with Crippen molar-refractivity contribution in [1.82, 2.24) is 0 Å². The van der Waals surface area contributed by atoms with Crippen molar-refractivity contribution in [2.75, 3.05) is 0 Å². The summed E-state index contributed by atoms with van der Waals surface area (Å²) < 4.78 is 0. The van der Waals surface area contributed by atoms with Crippen LogP contribution in [0.5, 0.6) is 0 Å². The molecule has 92 heavy (non-hydrogen) atoms. The minimum Gasteiger partial charge on any atom is -0.402 e. The van der Waals surface area contributed by atoms with Crippen LogP contribution in [0.4, 0.5) is 45.5 Å². The Hall–Kier alpha value is -6.02. The number of hydrogen-bond acceptors (Lipinski definition) is 8. The number of fused-ring (bicyclic) bond motifs is 4. The predicted molar refractivity (Wildman–Crippen MR) is 370 cm³/mol. The molecule has 10 aromatic rings. The average Bonchev–Trinajstić information content (AvgIpc) is 2.34. The van der Waals surface area contributed by atoms with Crippen molar-refractivity contribution >= 4 is 93.2 Å². The van der Waals surface area contributed by atoms with E-state index in [0.717, 1.165) is 116 Å². The molecule has 0 spiro atoms. The molecule has 8 nitrogen and oxygen atoms in total. The maximum Gasteiger partial charge on any atom is 0.0669 e. The maximum absolute atomic E-state index is 4.77. The molecule has 0 bridgehead atoms. The summed E-state index contributed by atoms with van der Waals surface area (Å²) >= 11 is 0. The van der Waals surface area contributed by atoms with Crippen molar-refractivity contribution in [3.8, 4) is 0 Å².